The van der Waals surface area contributed by atoms with Crippen molar-refractivity contribution in [2.24, 2.45) is 0 Å². The van der Waals surface area contributed by atoms with Crippen molar-refractivity contribution in [2.75, 3.05) is 11.5 Å². The van der Waals surface area contributed by atoms with E-state index >= 15 is 0 Å². The third-order valence-corrected chi connectivity index (χ3v) is 3.59. The Morgan fingerprint density at radius 1 is 1.18 bits per heavy atom. The molecule has 0 saturated carbocycles. The molecule has 1 N–H and O–H groups in total. The second-order valence-corrected chi connectivity index (χ2v) is 5.14. The zero-order valence-electron chi connectivity index (χ0n) is 11.9. The summed E-state index contributed by atoms with van der Waals surface area (Å²) in [5.41, 5.74) is 1.36. The lowest BCUT2D eigenvalue weighted by Gasteiger charge is -2.34. The van der Waals surface area contributed by atoms with Gasteiger partial charge in [-0.1, -0.05) is 24.3 Å². The molecule has 0 spiro atoms. The number of anilines is 1. The first-order valence-corrected chi connectivity index (χ1v) is 7.11. The van der Waals surface area contributed by atoms with Gasteiger partial charge in [-0.05, 0) is 29.8 Å². The van der Waals surface area contributed by atoms with Gasteiger partial charge in [0.05, 0.1) is 12.2 Å². The zero-order valence-corrected chi connectivity index (χ0v) is 11.9. The molecular formula is C17H16FNO3. The molecule has 0 aromatic heterocycles. The quantitative estimate of drug-likeness (QED) is 0.944. The maximum absolute atomic E-state index is 13.4. The van der Waals surface area contributed by atoms with Crippen molar-refractivity contribution >= 4 is 11.6 Å². The van der Waals surface area contributed by atoms with Crippen molar-refractivity contribution in [1.82, 2.24) is 0 Å². The summed E-state index contributed by atoms with van der Waals surface area (Å²) < 4.78 is 19.0. The van der Waals surface area contributed by atoms with Crippen LogP contribution in [0.1, 0.15) is 12.0 Å². The van der Waals surface area contributed by atoms with Crippen molar-refractivity contribution in [2.45, 2.75) is 19.1 Å². The van der Waals surface area contributed by atoms with E-state index in [0.717, 1.165) is 0 Å². The second-order valence-electron chi connectivity index (χ2n) is 5.14. The first-order valence-electron chi connectivity index (χ1n) is 7.11. The van der Waals surface area contributed by atoms with Crippen molar-refractivity contribution in [3.8, 4) is 5.75 Å². The highest BCUT2D eigenvalue weighted by Crippen LogP contribution is 2.35. The van der Waals surface area contributed by atoms with Gasteiger partial charge in [0.25, 0.3) is 5.91 Å². The molecule has 0 fully saturated rings. The van der Waals surface area contributed by atoms with E-state index in [4.69, 9.17) is 9.84 Å². The summed E-state index contributed by atoms with van der Waals surface area (Å²) in [5.74, 6) is 0.0346. The fourth-order valence-electron chi connectivity index (χ4n) is 2.56. The fraction of sp³-hybridized carbons (Fsp3) is 0.235. The Hall–Kier alpha value is -2.40. The van der Waals surface area contributed by atoms with Gasteiger partial charge in [0, 0.05) is 13.0 Å². The van der Waals surface area contributed by atoms with Gasteiger partial charge >= 0.3 is 0 Å². The van der Waals surface area contributed by atoms with Crippen molar-refractivity contribution in [3.63, 3.8) is 0 Å². The number of benzene rings is 2. The Labute approximate surface area is 127 Å². The molecule has 2 aromatic rings. The molecule has 1 aliphatic heterocycles. The Bertz CT molecular complexity index is 689. The molecule has 0 bridgehead atoms. The third-order valence-electron chi connectivity index (χ3n) is 3.59. The minimum Gasteiger partial charge on any atom is -0.478 e. The van der Waals surface area contributed by atoms with Gasteiger partial charge in [-0.15, -0.1) is 0 Å². The highest BCUT2D eigenvalue weighted by Gasteiger charge is 2.33. The van der Waals surface area contributed by atoms with Crippen LogP contribution in [0.3, 0.4) is 0 Å². The topological polar surface area (TPSA) is 49.8 Å². The van der Waals surface area contributed by atoms with Gasteiger partial charge < -0.3 is 14.7 Å². The number of nitrogens with zero attached hydrogens (tertiary/aromatic N) is 1. The molecule has 0 unspecified atom stereocenters. The molecular weight excluding hydrogens is 285 g/mol. The summed E-state index contributed by atoms with van der Waals surface area (Å²) in [4.78, 5) is 14.1. The Morgan fingerprint density at radius 3 is 2.77 bits per heavy atom. The molecule has 22 heavy (non-hydrogen) atoms. The number of carbonyl (C=O) groups is 1. The number of carbonyl (C=O) groups excluding carboxylic acids is 1. The summed E-state index contributed by atoms with van der Waals surface area (Å²) in [6.45, 7) is 0.130. The number of hydrogen-bond acceptors (Lipinski definition) is 3. The SMILES string of the molecule is O=C1[C@H](CCO)Oc2ccccc2N1Cc1cccc(F)c1. The fourth-order valence-corrected chi connectivity index (χ4v) is 2.56. The number of aliphatic hydroxyl groups is 1. The number of para-hydroxylation sites is 2. The lowest BCUT2D eigenvalue weighted by molar-refractivity contribution is -0.127. The summed E-state index contributed by atoms with van der Waals surface area (Å²) in [7, 11) is 0. The molecule has 3 rings (SSSR count). The zero-order chi connectivity index (χ0) is 15.5. The maximum Gasteiger partial charge on any atom is 0.268 e. The van der Waals surface area contributed by atoms with E-state index < -0.39 is 6.10 Å². The van der Waals surface area contributed by atoms with Gasteiger partial charge in [-0.2, -0.15) is 0 Å². The van der Waals surface area contributed by atoms with E-state index in [1.165, 1.54) is 12.1 Å². The summed E-state index contributed by atoms with van der Waals surface area (Å²) in [6, 6.07) is 13.4. The summed E-state index contributed by atoms with van der Waals surface area (Å²) >= 11 is 0. The van der Waals surface area contributed by atoms with Crippen molar-refractivity contribution in [3.05, 3.63) is 59.9 Å². The number of aliphatic hydroxyl groups excluding tert-OH is 1. The van der Waals surface area contributed by atoms with Crippen LogP contribution in [0, 0.1) is 5.82 Å². The number of hydrogen-bond donors (Lipinski definition) is 1. The van der Waals surface area contributed by atoms with Gasteiger partial charge in [-0.25, -0.2) is 4.39 Å². The maximum atomic E-state index is 13.4. The predicted molar refractivity (Wildman–Crippen MR) is 80.2 cm³/mol. The van der Waals surface area contributed by atoms with Crippen LogP contribution in [0.2, 0.25) is 0 Å². The molecule has 4 nitrogen and oxygen atoms in total. The minimum absolute atomic E-state index is 0.133. The molecule has 1 heterocycles. The smallest absolute Gasteiger partial charge is 0.268 e. The van der Waals surface area contributed by atoms with Crippen LogP contribution in [-0.2, 0) is 11.3 Å². The van der Waals surface area contributed by atoms with Gasteiger partial charge in [0.2, 0.25) is 0 Å². The van der Waals surface area contributed by atoms with E-state index in [1.807, 2.05) is 12.1 Å². The van der Waals surface area contributed by atoms with E-state index in [1.54, 1.807) is 29.2 Å². The molecule has 5 heteroatoms. The van der Waals surface area contributed by atoms with Crippen LogP contribution in [0.5, 0.6) is 5.75 Å². The summed E-state index contributed by atoms with van der Waals surface area (Å²) in [5, 5.41) is 9.10. The molecule has 0 aliphatic carbocycles. The first kappa shape index (κ1) is 14.5. The molecule has 0 radical (unpaired) electrons. The third kappa shape index (κ3) is 2.80. The Morgan fingerprint density at radius 2 is 2.00 bits per heavy atom. The van der Waals surface area contributed by atoms with Crippen LogP contribution in [-0.4, -0.2) is 23.7 Å². The Kier molecular flexibility index (Phi) is 4.06. The minimum atomic E-state index is -0.714. The lowest BCUT2D eigenvalue weighted by atomic mass is 10.1. The van der Waals surface area contributed by atoms with E-state index in [0.29, 0.717) is 17.0 Å². The molecule has 1 atom stereocenters. The molecule has 1 aliphatic rings. The number of amides is 1. The van der Waals surface area contributed by atoms with Crippen LogP contribution in [0.25, 0.3) is 0 Å². The highest BCUT2D eigenvalue weighted by atomic mass is 19.1. The monoisotopic (exact) mass is 301 g/mol. The van der Waals surface area contributed by atoms with Crippen LogP contribution >= 0.6 is 0 Å². The standard InChI is InChI=1S/C17H16FNO3/c18-13-5-3-4-12(10-13)11-19-14-6-1-2-7-15(14)22-16(8-9-20)17(19)21/h1-7,10,16,20H,8-9,11H2/t16-/m0/s1. The second kappa shape index (κ2) is 6.15. The number of fused-ring (bicyclic) bond motifs is 1. The largest absolute Gasteiger partial charge is 0.478 e. The predicted octanol–water partition coefficient (Wildman–Crippen LogP) is 2.50. The van der Waals surface area contributed by atoms with Crippen LogP contribution in [0.15, 0.2) is 48.5 Å². The molecule has 1 amide bonds. The van der Waals surface area contributed by atoms with Gasteiger partial charge in [-0.3, -0.25) is 4.79 Å². The van der Waals surface area contributed by atoms with E-state index in [-0.39, 0.29) is 31.3 Å². The lowest BCUT2D eigenvalue weighted by Crippen LogP contribution is -2.45. The average molecular weight is 301 g/mol. The molecule has 114 valence electrons. The van der Waals surface area contributed by atoms with Crippen molar-refractivity contribution < 1.29 is 19.0 Å². The van der Waals surface area contributed by atoms with Crippen molar-refractivity contribution in [1.29, 1.82) is 0 Å². The molecule has 0 saturated heterocycles. The first-order chi connectivity index (χ1) is 10.7. The number of ether oxygens (including phenoxy) is 1. The van der Waals surface area contributed by atoms with Gasteiger partial charge in [0.1, 0.15) is 11.6 Å². The average Bonchev–Trinajstić information content (AvgIpc) is 2.52. The van der Waals surface area contributed by atoms with E-state index in [2.05, 4.69) is 0 Å². The van der Waals surface area contributed by atoms with Crippen LogP contribution < -0.4 is 9.64 Å². The number of rotatable bonds is 4. The van der Waals surface area contributed by atoms with Crippen LogP contribution in [0.4, 0.5) is 10.1 Å². The Balaban J connectivity index is 1.94. The summed E-state index contributed by atoms with van der Waals surface area (Å²) in [6.07, 6.45) is -0.485. The highest BCUT2D eigenvalue weighted by molar-refractivity contribution is 5.99. The van der Waals surface area contributed by atoms with E-state index in [9.17, 15) is 9.18 Å². The normalized spacial score (nSPS) is 17.1. The molecule has 2 aromatic carbocycles. The van der Waals surface area contributed by atoms with Gasteiger partial charge in [0.15, 0.2) is 6.10 Å². The number of halogens is 1.